The Kier molecular flexibility index (Phi) is 4.99. The molecule has 0 aliphatic carbocycles. The molecule has 0 spiro atoms. The molecule has 7 heteroatoms. The number of nitrogens with zero attached hydrogens (tertiary/aromatic N) is 5. The van der Waals surface area contributed by atoms with Crippen molar-refractivity contribution < 1.29 is 4.79 Å². The zero-order valence-electron chi connectivity index (χ0n) is 12.5. The van der Waals surface area contributed by atoms with Crippen LogP contribution in [0, 0.1) is 0 Å². The maximum Gasteiger partial charge on any atom is 0.223 e. The summed E-state index contributed by atoms with van der Waals surface area (Å²) < 4.78 is 1.62. The lowest BCUT2D eigenvalue weighted by molar-refractivity contribution is -0.128. The molecule has 1 aromatic carbocycles. The maximum absolute atomic E-state index is 11.5. The number of tetrazole rings is 1. The van der Waals surface area contributed by atoms with E-state index in [4.69, 9.17) is 0 Å². The van der Waals surface area contributed by atoms with Crippen molar-refractivity contribution in [2.75, 3.05) is 20.6 Å². The predicted octanol–water partition coefficient (Wildman–Crippen LogP) is 0.791. The van der Waals surface area contributed by atoms with E-state index in [0.29, 0.717) is 13.0 Å². The molecule has 0 bridgehead atoms. The standard InChI is InChI=1S/C14H20N6O/c1-11(15-8-7-14(21)19(2)3)12-5-4-6-13(9-12)20-10-16-17-18-20/h4-6,9-11,15H,7-8H2,1-3H3. The molecule has 21 heavy (non-hydrogen) atoms. The monoisotopic (exact) mass is 288 g/mol. The average molecular weight is 288 g/mol. The Bertz CT molecular complexity index is 581. The summed E-state index contributed by atoms with van der Waals surface area (Å²) in [5.41, 5.74) is 2.04. The number of carbonyl (C=O) groups is 1. The molecule has 0 saturated carbocycles. The molecule has 112 valence electrons. The fraction of sp³-hybridized carbons (Fsp3) is 0.429. The third-order valence-electron chi connectivity index (χ3n) is 3.27. The first-order valence-electron chi connectivity index (χ1n) is 6.85. The molecule has 0 aliphatic heterocycles. The van der Waals surface area contributed by atoms with E-state index in [9.17, 15) is 4.79 Å². The van der Waals surface area contributed by atoms with Crippen LogP contribution in [0.5, 0.6) is 0 Å². The van der Waals surface area contributed by atoms with Gasteiger partial charge in [0.05, 0.1) is 5.69 Å². The molecule has 1 aromatic heterocycles. The van der Waals surface area contributed by atoms with Crippen LogP contribution >= 0.6 is 0 Å². The molecule has 1 unspecified atom stereocenters. The summed E-state index contributed by atoms with van der Waals surface area (Å²) in [5.74, 6) is 0.122. The van der Waals surface area contributed by atoms with Crippen LogP contribution in [0.1, 0.15) is 24.9 Å². The van der Waals surface area contributed by atoms with Crippen molar-refractivity contribution in [2.45, 2.75) is 19.4 Å². The van der Waals surface area contributed by atoms with Crippen molar-refractivity contribution in [2.24, 2.45) is 0 Å². The molecule has 1 amide bonds. The highest BCUT2D eigenvalue weighted by Gasteiger charge is 2.08. The number of hydrogen-bond donors (Lipinski definition) is 1. The van der Waals surface area contributed by atoms with Gasteiger partial charge in [-0.1, -0.05) is 12.1 Å². The Hall–Kier alpha value is -2.28. The van der Waals surface area contributed by atoms with Gasteiger partial charge in [0.1, 0.15) is 6.33 Å². The summed E-state index contributed by atoms with van der Waals surface area (Å²) in [7, 11) is 3.53. The van der Waals surface area contributed by atoms with E-state index in [0.717, 1.165) is 11.3 Å². The molecule has 1 heterocycles. The van der Waals surface area contributed by atoms with Gasteiger partial charge in [0, 0.05) is 33.1 Å². The van der Waals surface area contributed by atoms with E-state index in [1.54, 1.807) is 30.0 Å². The molecule has 0 fully saturated rings. The summed E-state index contributed by atoms with van der Waals surface area (Å²) in [5, 5.41) is 14.5. The zero-order chi connectivity index (χ0) is 15.2. The molecule has 2 aromatic rings. The Morgan fingerprint density at radius 3 is 2.90 bits per heavy atom. The number of hydrogen-bond acceptors (Lipinski definition) is 5. The van der Waals surface area contributed by atoms with E-state index in [1.165, 1.54) is 0 Å². The lowest BCUT2D eigenvalue weighted by atomic mass is 10.1. The topological polar surface area (TPSA) is 75.9 Å². The van der Waals surface area contributed by atoms with Gasteiger partial charge in [-0.2, -0.15) is 0 Å². The van der Waals surface area contributed by atoms with Crippen LogP contribution in [-0.2, 0) is 4.79 Å². The average Bonchev–Trinajstić information content (AvgIpc) is 3.01. The Morgan fingerprint density at radius 1 is 1.43 bits per heavy atom. The van der Waals surface area contributed by atoms with Gasteiger partial charge >= 0.3 is 0 Å². The minimum absolute atomic E-state index is 0.122. The SMILES string of the molecule is CC(NCCC(=O)N(C)C)c1cccc(-n2cnnn2)c1. The molecule has 0 saturated heterocycles. The molecule has 2 rings (SSSR count). The zero-order valence-corrected chi connectivity index (χ0v) is 12.5. The highest BCUT2D eigenvalue weighted by Crippen LogP contribution is 2.16. The normalized spacial score (nSPS) is 12.1. The van der Waals surface area contributed by atoms with E-state index in [2.05, 4.69) is 27.8 Å². The maximum atomic E-state index is 11.5. The van der Waals surface area contributed by atoms with Crippen molar-refractivity contribution in [3.63, 3.8) is 0 Å². The van der Waals surface area contributed by atoms with E-state index < -0.39 is 0 Å². The molecular weight excluding hydrogens is 268 g/mol. The summed E-state index contributed by atoms with van der Waals surface area (Å²) in [4.78, 5) is 13.1. The minimum Gasteiger partial charge on any atom is -0.349 e. The van der Waals surface area contributed by atoms with E-state index in [1.807, 2.05) is 24.3 Å². The van der Waals surface area contributed by atoms with Crippen molar-refractivity contribution in [1.82, 2.24) is 30.4 Å². The Balaban J connectivity index is 1.95. The van der Waals surface area contributed by atoms with Gasteiger partial charge in [0.2, 0.25) is 5.91 Å². The fourth-order valence-corrected chi connectivity index (χ4v) is 1.95. The van der Waals surface area contributed by atoms with Crippen LogP contribution in [0.3, 0.4) is 0 Å². The van der Waals surface area contributed by atoms with Crippen LogP contribution in [-0.4, -0.2) is 51.7 Å². The molecular formula is C14H20N6O. The van der Waals surface area contributed by atoms with Crippen molar-refractivity contribution in [3.8, 4) is 5.69 Å². The molecule has 1 atom stereocenters. The van der Waals surface area contributed by atoms with E-state index in [-0.39, 0.29) is 11.9 Å². The Labute approximate surface area is 123 Å². The molecule has 1 N–H and O–H groups in total. The summed E-state index contributed by atoms with van der Waals surface area (Å²) in [6.45, 7) is 2.71. The lowest BCUT2D eigenvalue weighted by Gasteiger charge is -2.16. The van der Waals surface area contributed by atoms with Gasteiger partial charge in [0.25, 0.3) is 0 Å². The van der Waals surface area contributed by atoms with Crippen LogP contribution in [0.15, 0.2) is 30.6 Å². The third-order valence-corrected chi connectivity index (χ3v) is 3.27. The van der Waals surface area contributed by atoms with Crippen LogP contribution < -0.4 is 5.32 Å². The van der Waals surface area contributed by atoms with Gasteiger partial charge in [-0.3, -0.25) is 4.79 Å². The largest absolute Gasteiger partial charge is 0.349 e. The fourth-order valence-electron chi connectivity index (χ4n) is 1.95. The van der Waals surface area contributed by atoms with Crippen molar-refractivity contribution >= 4 is 5.91 Å². The summed E-state index contributed by atoms with van der Waals surface area (Å²) in [6.07, 6.45) is 2.05. The number of rotatable bonds is 6. The van der Waals surface area contributed by atoms with Crippen molar-refractivity contribution in [3.05, 3.63) is 36.2 Å². The van der Waals surface area contributed by atoms with Crippen molar-refractivity contribution in [1.29, 1.82) is 0 Å². The second kappa shape index (κ2) is 6.94. The first-order valence-corrected chi connectivity index (χ1v) is 6.85. The highest BCUT2D eigenvalue weighted by molar-refractivity contribution is 5.75. The van der Waals surface area contributed by atoms with Gasteiger partial charge in [-0.15, -0.1) is 5.10 Å². The first kappa shape index (κ1) is 15.1. The summed E-state index contributed by atoms with van der Waals surface area (Å²) >= 11 is 0. The summed E-state index contributed by atoms with van der Waals surface area (Å²) in [6, 6.07) is 8.13. The molecule has 7 nitrogen and oxygen atoms in total. The quantitative estimate of drug-likeness (QED) is 0.850. The van der Waals surface area contributed by atoms with Crippen LogP contribution in [0.2, 0.25) is 0 Å². The predicted molar refractivity (Wildman–Crippen MR) is 78.9 cm³/mol. The first-order chi connectivity index (χ1) is 10.1. The number of benzene rings is 1. The van der Waals surface area contributed by atoms with Gasteiger partial charge in [-0.05, 0) is 35.0 Å². The highest BCUT2D eigenvalue weighted by atomic mass is 16.2. The van der Waals surface area contributed by atoms with Crippen LogP contribution in [0.25, 0.3) is 5.69 Å². The lowest BCUT2D eigenvalue weighted by Crippen LogP contribution is -2.28. The smallest absolute Gasteiger partial charge is 0.223 e. The Morgan fingerprint density at radius 2 is 2.24 bits per heavy atom. The number of carbonyl (C=O) groups excluding carboxylic acids is 1. The minimum atomic E-state index is 0.122. The second-order valence-corrected chi connectivity index (χ2v) is 5.06. The number of amides is 1. The third kappa shape index (κ3) is 4.09. The molecule has 0 radical (unpaired) electrons. The number of aromatic nitrogens is 4. The molecule has 0 aliphatic rings. The van der Waals surface area contributed by atoms with Gasteiger partial charge < -0.3 is 10.2 Å². The number of nitrogens with one attached hydrogen (secondary N) is 1. The second-order valence-electron chi connectivity index (χ2n) is 5.06. The van der Waals surface area contributed by atoms with Gasteiger partial charge in [-0.25, -0.2) is 4.68 Å². The van der Waals surface area contributed by atoms with Crippen LogP contribution in [0.4, 0.5) is 0 Å². The van der Waals surface area contributed by atoms with E-state index >= 15 is 0 Å². The van der Waals surface area contributed by atoms with Gasteiger partial charge in [0.15, 0.2) is 0 Å².